The standard InChI is InChI=1S/C7H4N6O4.ClH/c14-12(15)5-1-4(7-8-10-11-9-7)2-6(3-5)13(16)17;/h1-3H,(H,8,9,10,11);1H. The van der Waals surface area contributed by atoms with Crippen LogP contribution in [0.3, 0.4) is 0 Å². The summed E-state index contributed by atoms with van der Waals surface area (Å²) in [5.74, 6) is 0.178. The summed E-state index contributed by atoms with van der Waals surface area (Å²) >= 11 is 0. The third kappa shape index (κ3) is 2.55. The number of halogens is 1. The largest absolute Gasteiger partial charge is 1.00 e. The molecule has 0 fully saturated rings. The summed E-state index contributed by atoms with van der Waals surface area (Å²) < 4.78 is 0. The second-order valence-corrected chi connectivity index (χ2v) is 3.04. The number of hydrogen-bond donors (Lipinski definition) is 1. The van der Waals surface area contributed by atoms with Gasteiger partial charge in [-0.25, -0.2) is 0 Å². The summed E-state index contributed by atoms with van der Waals surface area (Å²) in [5, 5.41) is 33.0. The number of aromatic nitrogens is 4. The number of nitrogens with zero attached hydrogens (tertiary/aromatic N) is 4. The first-order chi connectivity index (χ1) is 8.08. The molecule has 0 aliphatic heterocycles. The first-order valence-electron chi connectivity index (χ1n) is 4.31. The minimum absolute atomic E-state index is 0. The molecule has 0 aliphatic carbocycles. The second-order valence-electron chi connectivity index (χ2n) is 3.04. The summed E-state index contributed by atoms with van der Waals surface area (Å²) in [6.07, 6.45) is 0. The first-order valence-corrected chi connectivity index (χ1v) is 4.31. The Morgan fingerprint density at radius 3 is 2.06 bits per heavy atom. The van der Waals surface area contributed by atoms with Crippen molar-refractivity contribution in [2.75, 3.05) is 0 Å². The first kappa shape index (κ1) is 13.4. The normalized spacial score (nSPS) is 9.56. The minimum atomic E-state index is -0.712. The Bertz CT molecular complexity index is 553. The van der Waals surface area contributed by atoms with Crippen LogP contribution in [-0.2, 0) is 0 Å². The number of H-pyrrole nitrogens is 2. The highest BCUT2D eigenvalue weighted by Crippen LogP contribution is 2.26. The monoisotopic (exact) mass is 272 g/mol. The lowest BCUT2D eigenvalue weighted by molar-refractivity contribution is -0.444. The van der Waals surface area contributed by atoms with Crippen molar-refractivity contribution in [1.29, 1.82) is 0 Å². The fourth-order valence-corrected chi connectivity index (χ4v) is 1.25. The third-order valence-electron chi connectivity index (χ3n) is 1.97. The van der Waals surface area contributed by atoms with Gasteiger partial charge in [-0.1, -0.05) is 5.21 Å². The van der Waals surface area contributed by atoms with Gasteiger partial charge < -0.3 is 12.4 Å². The molecular weight excluding hydrogens is 268 g/mol. The number of nitrogens with one attached hydrogen (secondary N) is 2. The molecule has 0 radical (unpaired) electrons. The molecule has 10 nitrogen and oxygen atoms in total. The fourth-order valence-electron chi connectivity index (χ4n) is 1.25. The zero-order valence-corrected chi connectivity index (χ0v) is 9.29. The topological polar surface area (TPSA) is 142 Å². The lowest BCUT2D eigenvalue weighted by atomic mass is 10.1. The molecule has 11 heteroatoms. The van der Waals surface area contributed by atoms with Crippen molar-refractivity contribution in [2.24, 2.45) is 0 Å². The number of rotatable bonds is 3. The Labute approximate surface area is 105 Å². The van der Waals surface area contributed by atoms with Crippen LogP contribution in [0.25, 0.3) is 11.4 Å². The van der Waals surface area contributed by atoms with Gasteiger partial charge in [0.1, 0.15) is 5.10 Å². The number of tetrazole rings is 1. The van der Waals surface area contributed by atoms with Crippen LogP contribution < -0.4 is 17.5 Å². The Balaban J connectivity index is 0.00000162. The molecule has 2 rings (SSSR count). The Hall–Kier alpha value is -2.62. The number of aromatic amines is 2. The number of benzene rings is 1. The fraction of sp³-hybridized carbons (Fsp3) is 0. The number of hydrogen-bond acceptors (Lipinski definition) is 6. The Kier molecular flexibility index (Phi) is 3.84. The van der Waals surface area contributed by atoms with Gasteiger partial charge in [-0.05, 0) is 0 Å². The highest BCUT2D eigenvalue weighted by Gasteiger charge is 2.21. The van der Waals surface area contributed by atoms with Crippen molar-refractivity contribution in [3.63, 3.8) is 0 Å². The highest BCUT2D eigenvalue weighted by atomic mass is 35.5. The molecule has 0 unspecified atom stereocenters. The van der Waals surface area contributed by atoms with Gasteiger partial charge in [-0.3, -0.25) is 20.2 Å². The average Bonchev–Trinajstić information content (AvgIpc) is 2.81. The van der Waals surface area contributed by atoms with E-state index in [9.17, 15) is 20.2 Å². The van der Waals surface area contributed by atoms with Gasteiger partial charge in [0.25, 0.3) is 11.4 Å². The van der Waals surface area contributed by atoms with E-state index < -0.39 is 9.85 Å². The van der Waals surface area contributed by atoms with E-state index in [-0.39, 0.29) is 35.2 Å². The third-order valence-corrected chi connectivity index (χ3v) is 1.97. The summed E-state index contributed by atoms with van der Waals surface area (Å²) in [4.78, 5) is 19.8. The quantitative estimate of drug-likeness (QED) is 0.469. The predicted octanol–water partition coefficient (Wildman–Crippen LogP) is -2.89. The van der Waals surface area contributed by atoms with Crippen LogP contribution in [0.1, 0.15) is 0 Å². The molecule has 0 amide bonds. The highest BCUT2D eigenvalue weighted by molar-refractivity contribution is 5.62. The maximum atomic E-state index is 10.6. The molecule has 2 aromatic rings. The SMILES string of the molecule is O=[N+]([O-])c1cc(-c2nn[nH][nH+]2)cc([N+](=O)[O-])c1.[Cl-]. The van der Waals surface area contributed by atoms with Crippen molar-refractivity contribution >= 4 is 11.4 Å². The van der Waals surface area contributed by atoms with Crippen LogP contribution in [0, 0.1) is 20.2 Å². The van der Waals surface area contributed by atoms with E-state index in [4.69, 9.17) is 0 Å². The van der Waals surface area contributed by atoms with E-state index in [0.29, 0.717) is 0 Å². The summed E-state index contributed by atoms with van der Waals surface area (Å²) in [7, 11) is 0. The lowest BCUT2D eigenvalue weighted by Crippen LogP contribution is -3.00. The van der Waals surface area contributed by atoms with Crippen LogP contribution in [0.4, 0.5) is 11.4 Å². The summed E-state index contributed by atoms with van der Waals surface area (Å²) in [5.41, 5.74) is -0.559. The van der Waals surface area contributed by atoms with Crippen molar-refractivity contribution in [3.05, 3.63) is 38.4 Å². The van der Waals surface area contributed by atoms with Crippen molar-refractivity contribution in [3.8, 4) is 11.4 Å². The number of nitro groups is 2. The van der Waals surface area contributed by atoms with Crippen LogP contribution in [0.2, 0.25) is 0 Å². The van der Waals surface area contributed by atoms with Gasteiger partial charge in [0.15, 0.2) is 5.21 Å². The Morgan fingerprint density at radius 1 is 1.11 bits per heavy atom. The van der Waals surface area contributed by atoms with Gasteiger partial charge in [0, 0.05) is 12.1 Å². The van der Waals surface area contributed by atoms with Gasteiger partial charge in [-0.2, -0.15) is 5.10 Å². The maximum Gasteiger partial charge on any atom is 0.330 e. The summed E-state index contributed by atoms with van der Waals surface area (Å²) in [6, 6.07) is 3.21. The van der Waals surface area contributed by atoms with Gasteiger partial charge in [0.2, 0.25) is 0 Å². The molecule has 94 valence electrons. The van der Waals surface area contributed by atoms with E-state index in [0.717, 1.165) is 6.07 Å². The molecule has 0 aliphatic rings. The predicted molar refractivity (Wildman–Crippen MR) is 51.7 cm³/mol. The molecule has 0 bridgehead atoms. The van der Waals surface area contributed by atoms with E-state index in [2.05, 4.69) is 20.6 Å². The van der Waals surface area contributed by atoms with Crippen molar-refractivity contribution in [1.82, 2.24) is 15.5 Å². The van der Waals surface area contributed by atoms with E-state index in [1.165, 1.54) is 12.1 Å². The van der Waals surface area contributed by atoms with Gasteiger partial charge >= 0.3 is 5.82 Å². The van der Waals surface area contributed by atoms with Crippen molar-refractivity contribution < 1.29 is 27.4 Å². The van der Waals surface area contributed by atoms with Gasteiger partial charge in [0.05, 0.1) is 21.5 Å². The zero-order chi connectivity index (χ0) is 12.4. The number of non-ortho nitro benzene ring substituents is 2. The van der Waals surface area contributed by atoms with E-state index >= 15 is 0 Å². The van der Waals surface area contributed by atoms with E-state index in [1.54, 1.807) is 0 Å². The molecule has 0 saturated carbocycles. The van der Waals surface area contributed by atoms with Crippen LogP contribution >= 0.6 is 0 Å². The van der Waals surface area contributed by atoms with Crippen LogP contribution in [0.5, 0.6) is 0 Å². The van der Waals surface area contributed by atoms with Crippen LogP contribution in [0.15, 0.2) is 18.2 Å². The molecule has 1 aromatic heterocycles. The van der Waals surface area contributed by atoms with E-state index in [1.807, 2.05) is 0 Å². The molecule has 1 heterocycles. The minimum Gasteiger partial charge on any atom is -1.00 e. The van der Waals surface area contributed by atoms with Crippen molar-refractivity contribution in [2.45, 2.75) is 0 Å². The molecule has 1 aromatic carbocycles. The lowest BCUT2D eigenvalue weighted by Gasteiger charge is -1.95. The maximum absolute atomic E-state index is 10.6. The van der Waals surface area contributed by atoms with Crippen LogP contribution in [-0.4, -0.2) is 25.4 Å². The molecule has 0 atom stereocenters. The smallest absolute Gasteiger partial charge is 0.330 e. The molecule has 18 heavy (non-hydrogen) atoms. The van der Waals surface area contributed by atoms with Gasteiger partial charge in [-0.15, -0.1) is 0 Å². The molecule has 0 saturated heterocycles. The molecular formula is C7H5ClN6O4. The zero-order valence-electron chi connectivity index (χ0n) is 8.53. The molecule has 2 N–H and O–H groups in total. The summed E-state index contributed by atoms with van der Waals surface area (Å²) in [6.45, 7) is 0. The average molecular weight is 273 g/mol. The Morgan fingerprint density at radius 2 is 1.67 bits per heavy atom. The number of nitro benzene ring substituents is 2. The molecule has 0 spiro atoms. The second kappa shape index (κ2) is 5.14.